The van der Waals surface area contributed by atoms with Gasteiger partial charge in [0.05, 0.1) is 6.85 Å². The maximum atomic E-state index is 8.49. The van der Waals surface area contributed by atoms with Gasteiger partial charge < -0.3 is 4.42 Å². The number of furan rings is 1. The van der Waals surface area contributed by atoms with Gasteiger partial charge in [-0.3, -0.25) is 0 Å². The molecule has 210 valence electrons. The second-order valence-corrected chi connectivity index (χ2v) is 11.3. The van der Waals surface area contributed by atoms with Crippen LogP contribution < -0.4 is 0 Å². The fraction of sp³-hybridized carbons (Fsp3) is 0. The van der Waals surface area contributed by atoms with Gasteiger partial charge in [-0.2, -0.15) is 0 Å². The van der Waals surface area contributed by atoms with Crippen LogP contribution in [0.15, 0.2) is 174 Å². The minimum absolute atomic E-state index is 0.177. The fourth-order valence-corrected chi connectivity index (χ4v) is 6.72. The van der Waals surface area contributed by atoms with E-state index in [9.17, 15) is 0 Å². The molecule has 0 N–H and O–H groups in total. The van der Waals surface area contributed by atoms with E-state index in [0.29, 0.717) is 16.7 Å². The molecule has 0 bridgehead atoms. The summed E-state index contributed by atoms with van der Waals surface area (Å²) in [4.78, 5) is 0. The van der Waals surface area contributed by atoms with Gasteiger partial charge in [-0.1, -0.05) is 139 Å². The quantitative estimate of drug-likeness (QED) is 0.190. The molecule has 1 heteroatoms. The summed E-state index contributed by atoms with van der Waals surface area (Å²) in [5.74, 6) is 0. The van der Waals surface area contributed by atoms with Crippen LogP contribution in [-0.2, 0) is 0 Å². The minimum atomic E-state index is -0.403. The van der Waals surface area contributed by atoms with Crippen molar-refractivity contribution in [2.75, 3.05) is 0 Å². The van der Waals surface area contributed by atoms with Crippen LogP contribution in [0.4, 0.5) is 0 Å². The second-order valence-electron chi connectivity index (χ2n) is 11.3. The lowest BCUT2D eigenvalue weighted by Crippen LogP contribution is -1.91. The van der Waals surface area contributed by atoms with Gasteiger partial charge in [0.25, 0.3) is 0 Å². The van der Waals surface area contributed by atoms with E-state index in [2.05, 4.69) is 115 Å². The first-order chi connectivity index (χ1) is 24.4. The van der Waals surface area contributed by atoms with Gasteiger partial charge in [0.15, 0.2) is 0 Å². The van der Waals surface area contributed by atoms with E-state index in [-0.39, 0.29) is 29.7 Å². The Bertz CT molecular complexity index is 2730. The van der Waals surface area contributed by atoms with Crippen molar-refractivity contribution in [3.05, 3.63) is 170 Å². The van der Waals surface area contributed by atoms with Crippen LogP contribution in [0.2, 0.25) is 0 Å². The first-order valence-electron chi connectivity index (χ1n) is 17.5. The second kappa shape index (κ2) is 10.4. The topological polar surface area (TPSA) is 13.1 Å². The summed E-state index contributed by atoms with van der Waals surface area (Å²) in [5, 5.41) is 6.33. The van der Waals surface area contributed by atoms with Crippen molar-refractivity contribution in [1.82, 2.24) is 0 Å². The van der Waals surface area contributed by atoms with Crippen LogP contribution >= 0.6 is 0 Å². The molecule has 45 heavy (non-hydrogen) atoms. The van der Waals surface area contributed by atoms with E-state index in [0.717, 1.165) is 38.2 Å². The molecule has 0 aliphatic rings. The van der Waals surface area contributed by atoms with E-state index in [1.807, 2.05) is 18.2 Å². The Balaban J connectivity index is 1.24. The van der Waals surface area contributed by atoms with Crippen LogP contribution in [0.25, 0.3) is 88.0 Å². The molecule has 1 heterocycles. The van der Waals surface area contributed by atoms with Gasteiger partial charge >= 0.3 is 0 Å². The maximum Gasteiger partial charge on any atom is 0.136 e. The largest absolute Gasteiger partial charge is 0.456 e. The molecule has 0 spiro atoms. The Kier molecular flexibility index (Phi) is 4.81. The van der Waals surface area contributed by atoms with Crippen LogP contribution in [0.3, 0.4) is 0 Å². The van der Waals surface area contributed by atoms with E-state index < -0.39 is 6.04 Å². The predicted octanol–water partition coefficient (Wildman–Crippen LogP) is 12.6. The van der Waals surface area contributed by atoms with Crippen molar-refractivity contribution in [3.8, 4) is 44.5 Å². The molecule has 0 unspecified atom stereocenters. The molecule has 8 aromatic carbocycles. The summed E-state index contributed by atoms with van der Waals surface area (Å²) in [5.41, 5.74) is 8.96. The highest BCUT2D eigenvalue weighted by Crippen LogP contribution is 2.45. The molecule has 0 saturated carbocycles. The predicted molar refractivity (Wildman–Crippen MR) is 190 cm³/mol. The fourth-order valence-electron chi connectivity index (χ4n) is 6.72. The molecular formula is C44H28O. The first kappa shape index (κ1) is 20.9. The molecule has 0 radical (unpaired) electrons. The van der Waals surface area contributed by atoms with Gasteiger partial charge in [0, 0.05) is 10.8 Å². The zero-order chi connectivity index (χ0) is 34.1. The molecule has 0 saturated heterocycles. The summed E-state index contributed by atoms with van der Waals surface area (Å²) in [6.45, 7) is 0. The lowest BCUT2D eigenvalue weighted by Gasteiger charge is -2.18. The lowest BCUT2D eigenvalue weighted by molar-refractivity contribution is 0.669. The third kappa shape index (κ3) is 4.24. The van der Waals surface area contributed by atoms with E-state index >= 15 is 0 Å². The molecule has 0 atom stereocenters. The van der Waals surface area contributed by atoms with Gasteiger partial charge in [-0.25, -0.2) is 0 Å². The molecular weight excluding hydrogens is 544 g/mol. The van der Waals surface area contributed by atoms with Crippen LogP contribution in [0, 0.1) is 0 Å². The average Bonchev–Trinajstić information content (AvgIpc) is 3.53. The zero-order valence-electron chi connectivity index (χ0n) is 29.2. The highest BCUT2D eigenvalue weighted by molar-refractivity contribution is 6.22. The summed E-state index contributed by atoms with van der Waals surface area (Å²) in [7, 11) is 0. The Labute approximate surface area is 268 Å². The summed E-state index contributed by atoms with van der Waals surface area (Å²) < 4.78 is 47.7. The Morgan fingerprint density at radius 3 is 1.58 bits per heavy atom. The molecule has 0 amide bonds. The Morgan fingerprint density at radius 1 is 0.333 bits per heavy atom. The van der Waals surface area contributed by atoms with Crippen molar-refractivity contribution in [1.29, 1.82) is 0 Å². The van der Waals surface area contributed by atoms with Gasteiger partial charge in [0.1, 0.15) is 11.2 Å². The van der Waals surface area contributed by atoms with E-state index in [1.165, 1.54) is 27.5 Å². The van der Waals surface area contributed by atoms with E-state index in [4.69, 9.17) is 11.3 Å². The highest BCUT2D eigenvalue weighted by atomic mass is 16.3. The smallest absolute Gasteiger partial charge is 0.136 e. The SMILES string of the molecule is [2H]c1c([2H])c([2H])c(-c2ccc3oc4cc(-c5c6ccccc6c(-c6cccc(-c7ccccc7)c6)c6ccccc56)ccc4c3c2)c([2H])c1[2H]. The van der Waals surface area contributed by atoms with Crippen molar-refractivity contribution in [2.24, 2.45) is 0 Å². The van der Waals surface area contributed by atoms with Crippen molar-refractivity contribution < 1.29 is 11.3 Å². The van der Waals surface area contributed by atoms with Crippen molar-refractivity contribution in [3.63, 3.8) is 0 Å². The van der Waals surface area contributed by atoms with Crippen molar-refractivity contribution >= 4 is 43.5 Å². The Morgan fingerprint density at radius 2 is 0.889 bits per heavy atom. The molecule has 9 rings (SSSR count). The minimum Gasteiger partial charge on any atom is -0.456 e. The average molecular weight is 578 g/mol. The number of benzene rings is 8. The molecule has 9 aromatic rings. The Hall–Kier alpha value is -5.92. The third-order valence-electron chi connectivity index (χ3n) is 8.74. The van der Waals surface area contributed by atoms with Gasteiger partial charge in [-0.15, -0.1) is 0 Å². The number of rotatable bonds is 4. The van der Waals surface area contributed by atoms with Crippen molar-refractivity contribution in [2.45, 2.75) is 0 Å². The molecule has 1 nitrogen and oxygen atoms in total. The highest BCUT2D eigenvalue weighted by Gasteiger charge is 2.18. The summed E-state index contributed by atoms with van der Waals surface area (Å²) in [6.07, 6.45) is 0. The molecule has 0 aliphatic heterocycles. The van der Waals surface area contributed by atoms with Crippen LogP contribution in [0.5, 0.6) is 0 Å². The molecule has 0 fully saturated rings. The lowest BCUT2D eigenvalue weighted by atomic mass is 9.85. The summed E-state index contributed by atoms with van der Waals surface area (Å²) in [6, 6.07) is 46.5. The summed E-state index contributed by atoms with van der Waals surface area (Å²) >= 11 is 0. The normalized spacial score (nSPS) is 13.1. The number of hydrogen-bond acceptors (Lipinski definition) is 1. The van der Waals surface area contributed by atoms with Gasteiger partial charge in [0.2, 0.25) is 0 Å². The van der Waals surface area contributed by atoms with Crippen LogP contribution in [-0.4, -0.2) is 0 Å². The standard InChI is InChI=1S/C44H28O/c1-3-12-29(13-4-1)31-16-11-17-33(26-31)43-36-18-7-9-20-38(36)44(39-21-10-8-19-37(39)43)34-22-24-35-40-27-32(30-14-5-2-6-15-30)23-25-41(40)45-42(35)28-34/h1-28H/i2D,5D,6D,14D,15D. The monoisotopic (exact) mass is 577 g/mol. The van der Waals surface area contributed by atoms with E-state index in [1.54, 1.807) is 6.07 Å². The first-order valence-corrected chi connectivity index (χ1v) is 15.0. The van der Waals surface area contributed by atoms with Crippen LogP contribution in [0.1, 0.15) is 6.85 Å². The number of hydrogen-bond donors (Lipinski definition) is 0. The molecule has 0 aliphatic carbocycles. The molecule has 1 aromatic heterocycles. The third-order valence-corrected chi connectivity index (χ3v) is 8.74. The zero-order valence-corrected chi connectivity index (χ0v) is 24.2. The maximum absolute atomic E-state index is 8.49. The number of fused-ring (bicyclic) bond motifs is 5. The van der Waals surface area contributed by atoms with Gasteiger partial charge in [-0.05, 0) is 96.4 Å².